The highest BCUT2D eigenvalue weighted by Gasteiger charge is 2.29. The van der Waals surface area contributed by atoms with Gasteiger partial charge in [-0.15, -0.1) is 0 Å². The summed E-state index contributed by atoms with van der Waals surface area (Å²) in [5.74, 6) is 1.04. The third-order valence-electron chi connectivity index (χ3n) is 8.24. The predicted molar refractivity (Wildman–Crippen MR) is 158 cm³/mol. The van der Waals surface area contributed by atoms with E-state index in [1.165, 1.54) is 28.1 Å². The number of carbonyl (C=O) groups excluding carboxylic acids is 1. The number of likely N-dealkylation sites (tertiary alicyclic amines) is 1. The van der Waals surface area contributed by atoms with Crippen LogP contribution in [0, 0.1) is 5.82 Å². The first-order valence-electron chi connectivity index (χ1n) is 14.1. The molecule has 1 aliphatic carbocycles. The molecule has 5 aromatic rings. The maximum absolute atomic E-state index is 13.7. The van der Waals surface area contributed by atoms with E-state index in [0.29, 0.717) is 40.2 Å². The number of fused-ring (bicyclic) bond motifs is 2. The van der Waals surface area contributed by atoms with Crippen molar-refractivity contribution in [2.75, 3.05) is 18.8 Å². The zero-order valence-corrected chi connectivity index (χ0v) is 22.9. The molecule has 212 valence electrons. The summed E-state index contributed by atoms with van der Waals surface area (Å²) in [5.41, 5.74) is 11.7. The lowest BCUT2D eigenvalue weighted by molar-refractivity contribution is -0.127. The van der Waals surface area contributed by atoms with E-state index in [-0.39, 0.29) is 11.9 Å². The molecule has 1 saturated heterocycles. The highest BCUT2D eigenvalue weighted by atomic mass is 19.1. The Morgan fingerprint density at radius 2 is 1.98 bits per heavy atom. The molecule has 11 heteroatoms. The van der Waals surface area contributed by atoms with Crippen LogP contribution < -0.4 is 11.1 Å². The van der Waals surface area contributed by atoms with Crippen molar-refractivity contribution in [3.63, 3.8) is 0 Å². The minimum Gasteiger partial charge on any atom is -0.383 e. The Bertz CT molecular complexity index is 1820. The Hall–Kier alpha value is -4.90. The van der Waals surface area contributed by atoms with Crippen molar-refractivity contribution in [3.05, 3.63) is 90.7 Å². The average molecular weight is 564 g/mol. The van der Waals surface area contributed by atoms with Crippen molar-refractivity contribution in [1.29, 1.82) is 0 Å². The second kappa shape index (κ2) is 10.5. The van der Waals surface area contributed by atoms with Gasteiger partial charge in [0.05, 0.1) is 18.0 Å². The van der Waals surface area contributed by atoms with E-state index in [0.717, 1.165) is 50.7 Å². The van der Waals surface area contributed by atoms with Crippen LogP contribution in [-0.4, -0.2) is 59.2 Å². The van der Waals surface area contributed by atoms with Crippen LogP contribution in [0.1, 0.15) is 36.4 Å². The Morgan fingerprint density at radius 3 is 2.74 bits per heavy atom. The number of aryl methyl sites for hydroxylation is 1. The minimum atomic E-state index is -0.438. The van der Waals surface area contributed by atoms with E-state index in [9.17, 15) is 9.18 Å². The summed E-state index contributed by atoms with van der Waals surface area (Å²) in [6.07, 6.45) is 9.28. The lowest BCUT2D eigenvalue weighted by atomic mass is 10.0. The molecule has 42 heavy (non-hydrogen) atoms. The second-order valence-electron chi connectivity index (χ2n) is 10.8. The molecule has 2 aliphatic rings. The van der Waals surface area contributed by atoms with Gasteiger partial charge in [0.1, 0.15) is 11.3 Å². The number of piperidine rings is 1. The van der Waals surface area contributed by atoms with E-state index in [2.05, 4.69) is 40.2 Å². The Labute approximate surface area is 241 Å². The van der Waals surface area contributed by atoms with Crippen molar-refractivity contribution in [3.8, 4) is 22.9 Å². The van der Waals surface area contributed by atoms with E-state index in [4.69, 9.17) is 15.7 Å². The van der Waals surface area contributed by atoms with Gasteiger partial charge >= 0.3 is 0 Å². The van der Waals surface area contributed by atoms with Gasteiger partial charge in [-0.05, 0) is 79.3 Å². The summed E-state index contributed by atoms with van der Waals surface area (Å²) >= 11 is 0. The number of amides is 1. The Morgan fingerprint density at radius 1 is 1.12 bits per heavy atom. The van der Waals surface area contributed by atoms with Crippen LogP contribution in [0.25, 0.3) is 34.1 Å². The summed E-state index contributed by atoms with van der Waals surface area (Å²) in [7, 11) is 0. The maximum atomic E-state index is 13.7. The number of pyridine rings is 2. The first-order chi connectivity index (χ1) is 20.5. The van der Waals surface area contributed by atoms with Gasteiger partial charge in [-0.1, -0.05) is 12.6 Å². The number of rotatable bonds is 6. The highest BCUT2D eigenvalue weighted by molar-refractivity contribution is 5.87. The fraction of sp³-hybridized carbons (Fsp3) is 0.258. The number of hydrogen-bond donors (Lipinski definition) is 2. The number of nitrogen functional groups attached to an aromatic ring is 1. The fourth-order valence-electron chi connectivity index (χ4n) is 6.13. The Kier molecular flexibility index (Phi) is 6.50. The van der Waals surface area contributed by atoms with Gasteiger partial charge < -0.3 is 16.0 Å². The highest BCUT2D eigenvalue weighted by Crippen LogP contribution is 2.36. The van der Waals surface area contributed by atoms with Crippen LogP contribution in [-0.2, 0) is 11.2 Å². The molecule has 1 atom stereocenters. The molecule has 0 radical (unpaired) electrons. The summed E-state index contributed by atoms with van der Waals surface area (Å²) in [6.45, 7) is 5.10. The molecule has 1 fully saturated rings. The van der Waals surface area contributed by atoms with Crippen LogP contribution in [0.4, 0.5) is 10.2 Å². The van der Waals surface area contributed by atoms with Gasteiger partial charge in [-0.3, -0.25) is 9.36 Å². The monoisotopic (exact) mass is 563 g/mol. The predicted octanol–water partition coefficient (Wildman–Crippen LogP) is 4.14. The number of imidazole rings is 1. The van der Waals surface area contributed by atoms with Gasteiger partial charge in [0.25, 0.3) is 0 Å². The quantitative estimate of drug-likeness (QED) is 0.298. The zero-order chi connectivity index (χ0) is 28.8. The molecule has 1 aromatic carbocycles. The molecular formula is C31H30FN9O. The lowest BCUT2D eigenvalue weighted by Crippen LogP contribution is -2.45. The van der Waals surface area contributed by atoms with E-state index < -0.39 is 5.82 Å². The molecule has 0 saturated carbocycles. The average Bonchev–Trinajstić information content (AvgIpc) is 3.73. The number of nitrogens with one attached hydrogen (secondary N) is 1. The lowest BCUT2D eigenvalue weighted by Gasteiger charge is -2.33. The van der Waals surface area contributed by atoms with Gasteiger partial charge in [0, 0.05) is 37.1 Å². The van der Waals surface area contributed by atoms with Crippen LogP contribution in [0.15, 0.2) is 73.7 Å². The first-order valence-corrected chi connectivity index (χ1v) is 14.1. The number of carbonyl (C=O) groups is 1. The van der Waals surface area contributed by atoms with Crippen molar-refractivity contribution >= 4 is 22.9 Å². The molecule has 0 bridgehead atoms. The van der Waals surface area contributed by atoms with Gasteiger partial charge in [0.2, 0.25) is 5.91 Å². The number of benzene rings is 1. The summed E-state index contributed by atoms with van der Waals surface area (Å²) in [4.78, 5) is 27.9. The molecule has 4 aromatic heterocycles. The SMILES string of the molecule is C=CC(=O)N1CCC(N[C@H]2CCc3cc(-n4c(-c5cccnc5N)nc5ccc(-n6cc(F)cn6)nc54)ccc32)CC1. The summed E-state index contributed by atoms with van der Waals surface area (Å²) in [5, 5.41) is 7.93. The molecule has 3 N–H and O–H groups in total. The van der Waals surface area contributed by atoms with Crippen LogP contribution in [0.3, 0.4) is 0 Å². The number of halogens is 1. The first kappa shape index (κ1) is 26.0. The van der Waals surface area contributed by atoms with Crippen molar-refractivity contribution in [2.45, 2.75) is 37.8 Å². The van der Waals surface area contributed by atoms with Crippen molar-refractivity contribution in [1.82, 2.24) is 39.5 Å². The number of nitrogens with two attached hydrogens (primary N) is 1. The molecule has 1 amide bonds. The molecule has 10 nitrogen and oxygen atoms in total. The van der Waals surface area contributed by atoms with E-state index in [1.54, 1.807) is 12.3 Å². The van der Waals surface area contributed by atoms with Gasteiger partial charge in [0.15, 0.2) is 23.1 Å². The molecule has 0 spiro atoms. The largest absolute Gasteiger partial charge is 0.383 e. The van der Waals surface area contributed by atoms with E-state index in [1.807, 2.05) is 27.7 Å². The number of nitrogens with zero attached hydrogens (tertiary/aromatic N) is 7. The van der Waals surface area contributed by atoms with Crippen LogP contribution in [0.5, 0.6) is 0 Å². The summed E-state index contributed by atoms with van der Waals surface area (Å²) < 4.78 is 17.1. The maximum Gasteiger partial charge on any atom is 0.245 e. The standard InChI is InChI=1S/C31H30FN9O/c1-2-28(42)39-14-11-21(12-15-39)36-25-8-5-19-16-22(6-7-23(19)25)41-30(24-4-3-13-34-29(24)33)37-26-9-10-27(38-31(26)41)40-18-20(32)17-35-40/h2-4,6-7,9-10,13,16-18,21,25,36H,1,5,8,11-12,14-15H2,(H2,33,34)/t25-/m0/s1. The Balaban J connectivity index is 1.24. The van der Waals surface area contributed by atoms with Gasteiger partial charge in [-0.25, -0.2) is 24.0 Å². The molecular weight excluding hydrogens is 533 g/mol. The number of aromatic nitrogens is 6. The van der Waals surface area contributed by atoms with Crippen LogP contribution >= 0.6 is 0 Å². The fourth-order valence-corrected chi connectivity index (χ4v) is 6.13. The summed E-state index contributed by atoms with van der Waals surface area (Å²) in [6, 6.07) is 14.4. The number of hydrogen-bond acceptors (Lipinski definition) is 7. The van der Waals surface area contributed by atoms with Crippen LogP contribution in [0.2, 0.25) is 0 Å². The minimum absolute atomic E-state index is 0.00465. The smallest absolute Gasteiger partial charge is 0.245 e. The molecule has 1 aliphatic heterocycles. The van der Waals surface area contributed by atoms with E-state index >= 15 is 0 Å². The third kappa shape index (κ3) is 4.61. The topological polar surface area (TPSA) is 120 Å². The van der Waals surface area contributed by atoms with Gasteiger partial charge in [-0.2, -0.15) is 5.10 Å². The zero-order valence-electron chi connectivity index (χ0n) is 22.9. The molecule has 5 heterocycles. The second-order valence-corrected chi connectivity index (χ2v) is 10.8. The third-order valence-corrected chi connectivity index (χ3v) is 8.24. The number of anilines is 1. The van der Waals surface area contributed by atoms with Crippen molar-refractivity contribution in [2.24, 2.45) is 0 Å². The normalized spacial score (nSPS) is 17.1. The molecule has 7 rings (SSSR count). The molecule has 0 unspecified atom stereocenters. The van der Waals surface area contributed by atoms with Crippen molar-refractivity contribution < 1.29 is 9.18 Å².